The van der Waals surface area contributed by atoms with Crippen molar-refractivity contribution in [2.24, 2.45) is 4.99 Å². The van der Waals surface area contributed by atoms with Gasteiger partial charge in [-0.15, -0.1) is 11.3 Å². The van der Waals surface area contributed by atoms with Crippen molar-refractivity contribution in [1.29, 1.82) is 0 Å². The van der Waals surface area contributed by atoms with E-state index in [0.717, 1.165) is 57.9 Å². The van der Waals surface area contributed by atoms with Gasteiger partial charge < -0.3 is 19.3 Å². The van der Waals surface area contributed by atoms with Crippen LogP contribution in [-0.2, 0) is 11.2 Å². The van der Waals surface area contributed by atoms with Gasteiger partial charge in [0, 0.05) is 37.1 Å². The molecule has 0 spiro atoms. The van der Waals surface area contributed by atoms with Gasteiger partial charge in [-0.05, 0) is 48.2 Å². The highest BCUT2D eigenvalue weighted by Gasteiger charge is 2.28. The van der Waals surface area contributed by atoms with E-state index < -0.39 is 0 Å². The summed E-state index contributed by atoms with van der Waals surface area (Å²) in [5.74, 6) is 3.26. The van der Waals surface area contributed by atoms with E-state index in [1.807, 2.05) is 65.7 Å². The number of benzene rings is 2. The number of methoxy groups -OCH3 is 1. The Kier molecular flexibility index (Phi) is 5.57. The van der Waals surface area contributed by atoms with E-state index in [1.54, 1.807) is 18.4 Å². The average Bonchev–Trinajstić information content (AvgIpc) is 3.26. The summed E-state index contributed by atoms with van der Waals surface area (Å²) in [6.45, 7) is 4.84. The number of piperazine rings is 1. The lowest BCUT2D eigenvalue weighted by molar-refractivity contribution is -0.131. The second-order valence-corrected chi connectivity index (χ2v) is 9.03. The molecule has 164 valence electrons. The Morgan fingerprint density at radius 3 is 2.69 bits per heavy atom. The van der Waals surface area contributed by atoms with Crippen LogP contribution in [0.4, 0.5) is 5.69 Å². The molecule has 1 saturated heterocycles. The Labute approximate surface area is 191 Å². The van der Waals surface area contributed by atoms with Gasteiger partial charge in [-0.3, -0.25) is 4.79 Å². The van der Waals surface area contributed by atoms with Crippen molar-refractivity contribution in [3.63, 3.8) is 0 Å². The van der Waals surface area contributed by atoms with Crippen molar-refractivity contribution in [2.45, 2.75) is 13.3 Å². The van der Waals surface area contributed by atoms with Crippen molar-refractivity contribution < 1.29 is 14.3 Å². The van der Waals surface area contributed by atoms with Gasteiger partial charge >= 0.3 is 0 Å². The first-order valence-electron chi connectivity index (χ1n) is 10.7. The van der Waals surface area contributed by atoms with Crippen LogP contribution in [0.1, 0.15) is 16.0 Å². The number of fused-ring (bicyclic) bond motifs is 2. The van der Waals surface area contributed by atoms with E-state index in [4.69, 9.17) is 14.5 Å². The molecule has 0 saturated carbocycles. The maximum atomic E-state index is 12.7. The van der Waals surface area contributed by atoms with Crippen molar-refractivity contribution in [1.82, 2.24) is 9.80 Å². The first-order valence-corrected chi connectivity index (χ1v) is 11.6. The first-order chi connectivity index (χ1) is 15.6. The normalized spacial score (nSPS) is 15.2. The number of carbonyl (C=O) groups excluding carboxylic acids is 1. The molecule has 3 aromatic rings. The fourth-order valence-electron chi connectivity index (χ4n) is 4.07. The molecule has 6 nitrogen and oxygen atoms in total. The summed E-state index contributed by atoms with van der Waals surface area (Å²) in [6.07, 6.45) is 0.474. The van der Waals surface area contributed by atoms with E-state index in [0.29, 0.717) is 19.5 Å². The van der Waals surface area contributed by atoms with Gasteiger partial charge in [0.05, 0.1) is 19.1 Å². The van der Waals surface area contributed by atoms with Crippen LogP contribution in [0.2, 0.25) is 0 Å². The molecule has 0 bridgehead atoms. The van der Waals surface area contributed by atoms with Crippen LogP contribution >= 0.6 is 11.3 Å². The summed E-state index contributed by atoms with van der Waals surface area (Å²) in [6, 6.07) is 15.9. The van der Waals surface area contributed by atoms with Crippen molar-refractivity contribution in [3.8, 4) is 17.2 Å². The van der Waals surface area contributed by atoms with Gasteiger partial charge in [-0.2, -0.15) is 0 Å². The minimum atomic E-state index is 0.184. The highest BCUT2D eigenvalue weighted by molar-refractivity contribution is 7.10. The van der Waals surface area contributed by atoms with E-state index >= 15 is 0 Å². The third-order valence-corrected chi connectivity index (χ3v) is 6.71. The molecule has 2 aromatic carbocycles. The van der Waals surface area contributed by atoms with Crippen LogP contribution in [0, 0.1) is 6.92 Å². The zero-order valence-corrected chi connectivity index (χ0v) is 19.0. The Morgan fingerprint density at radius 2 is 1.94 bits per heavy atom. The van der Waals surface area contributed by atoms with Crippen molar-refractivity contribution >= 4 is 28.8 Å². The highest BCUT2D eigenvalue weighted by Crippen LogP contribution is 2.40. The molecule has 0 radical (unpaired) electrons. The maximum Gasteiger partial charge on any atom is 0.227 e. The Morgan fingerprint density at radius 1 is 1.09 bits per heavy atom. The minimum absolute atomic E-state index is 0.184. The molecule has 1 aromatic heterocycles. The number of amidine groups is 1. The lowest BCUT2D eigenvalue weighted by Gasteiger charge is -2.36. The molecular weight excluding hydrogens is 422 g/mol. The molecule has 0 atom stereocenters. The molecule has 0 N–H and O–H groups in total. The fraction of sp³-hybridized carbons (Fsp3) is 0.280. The minimum Gasteiger partial charge on any atom is -0.497 e. The van der Waals surface area contributed by atoms with Crippen molar-refractivity contribution in [2.75, 3.05) is 33.3 Å². The topological polar surface area (TPSA) is 54.4 Å². The van der Waals surface area contributed by atoms with Crippen LogP contribution in [-0.4, -0.2) is 54.8 Å². The van der Waals surface area contributed by atoms with Crippen LogP contribution in [0.3, 0.4) is 0 Å². The number of hydrogen-bond donors (Lipinski definition) is 0. The van der Waals surface area contributed by atoms with Gasteiger partial charge in [-0.1, -0.05) is 12.1 Å². The molecule has 0 aliphatic carbocycles. The Balaban J connectivity index is 1.41. The zero-order valence-electron chi connectivity index (χ0n) is 18.2. The number of hydrogen-bond acceptors (Lipinski definition) is 6. The van der Waals surface area contributed by atoms with Gasteiger partial charge in [0.15, 0.2) is 5.75 Å². The number of amides is 1. The predicted molar refractivity (Wildman–Crippen MR) is 127 cm³/mol. The monoisotopic (exact) mass is 447 g/mol. The first kappa shape index (κ1) is 20.6. The molecule has 7 heteroatoms. The smallest absolute Gasteiger partial charge is 0.227 e. The summed E-state index contributed by atoms with van der Waals surface area (Å²) < 4.78 is 11.7. The van der Waals surface area contributed by atoms with E-state index in [2.05, 4.69) is 4.90 Å². The molecule has 1 amide bonds. The molecule has 2 aliphatic heterocycles. The standard InChI is InChI=1S/C25H25N3O3S/c1-17-5-8-21-23(14-17)31-22-15-18(30-2)6-7-20(22)25(26-21)28-11-9-27(10-12-28)24(29)16-19-4-3-13-32-19/h3-8,13-15H,9-12,16H2,1-2H3. The summed E-state index contributed by atoms with van der Waals surface area (Å²) >= 11 is 1.63. The van der Waals surface area contributed by atoms with E-state index in [-0.39, 0.29) is 5.91 Å². The summed E-state index contributed by atoms with van der Waals surface area (Å²) in [5.41, 5.74) is 2.85. The average molecular weight is 448 g/mol. The third-order valence-electron chi connectivity index (χ3n) is 5.83. The second kappa shape index (κ2) is 8.67. The zero-order chi connectivity index (χ0) is 22.1. The summed E-state index contributed by atoms with van der Waals surface area (Å²) in [7, 11) is 1.65. The fourth-order valence-corrected chi connectivity index (χ4v) is 4.77. The van der Waals surface area contributed by atoms with Crippen LogP contribution in [0.25, 0.3) is 0 Å². The second-order valence-electron chi connectivity index (χ2n) is 7.99. The number of aliphatic imine (C=N–C) groups is 1. The van der Waals surface area contributed by atoms with Gasteiger partial charge in [-0.25, -0.2) is 4.99 Å². The lowest BCUT2D eigenvalue weighted by atomic mass is 10.1. The van der Waals surface area contributed by atoms with E-state index in [1.165, 1.54) is 0 Å². The molecule has 32 heavy (non-hydrogen) atoms. The molecule has 5 rings (SSSR count). The highest BCUT2D eigenvalue weighted by atomic mass is 32.1. The predicted octanol–water partition coefficient (Wildman–Crippen LogP) is 4.64. The van der Waals surface area contributed by atoms with Crippen molar-refractivity contribution in [3.05, 3.63) is 69.9 Å². The Hall–Kier alpha value is -3.32. The SMILES string of the molecule is COc1ccc2c(c1)Oc1cc(C)ccc1N=C2N1CCN(C(=O)Cc2cccs2)CC1. The van der Waals surface area contributed by atoms with Crippen LogP contribution in [0.15, 0.2) is 58.9 Å². The maximum absolute atomic E-state index is 12.7. The van der Waals surface area contributed by atoms with Crippen LogP contribution in [0.5, 0.6) is 17.2 Å². The lowest BCUT2D eigenvalue weighted by Crippen LogP contribution is -2.51. The summed E-state index contributed by atoms with van der Waals surface area (Å²) in [5, 5.41) is 2.01. The number of thiophene rings is 1. The van der Waals surface area contributed by atoms with Gasteiger partial charge in [0.25, 0.3) is 0 Å². The molecule has 3 heterocycles. The number of ether oxygens (including phenoxy) is 2. The number of aryl methyl sites for hydroxylation is 1. The number of carbonyl (C=O) groups is 1. The molecule has 0 unspecified atom stereocenters. The molecule has 1 fully saturated rings. The third kappa shape index (κ3) is 4.08. The summed E-state index contributed by atoms with van der Waals surface area (Å²) in [4.78, 5) is 23.0. The van der Waals surface area contributed by atoms with Gasteiger partial charge in [0.1, 0.15) is 23.0 Å². The number of nitrogens with zero attached hydrogens (tertiary/aromatic N) is 3. The van der Waals surface area contributed by atoms with Gasteiger partial charge in [0.2, 0.25) is 5.91 Å². The number of rotatable bonds is 3. The molecule has 2 aliphatic rings. The largest absolute Gasteiger partial charge is 0.497 e. The molecular formula is C25H25N3O3S. The Bertz CT molecular complexity index is 1170. The quantitative estimate of drug-likeness (QED) is 0.587. The van der Waals surface area contributed by atoms with E-state index in [9.17, 15) is 4.79 Å². The van der Waals surface area contributed by atoms with Crippen LogP contribution < -0.4 is 9.47 Å².